The smallest absolute Gasteiger partial charge is 0.0722 e. The van der Waals surface area contributed by atoms with E-state index in [1.54, 1.807) is 12.1 Å². The van der Waals surface area contributed by atoms with Crippen molar-refractivity contribution in [2.24, 2.45) is 5.92 Å². The zero-order chi connectivity index (χ0) is 13.8. The Morgan fingerprint density at radius 3 is 2.32 bits per heavy atom. The summed E-state index contributed by atoms with van der Waals surface area (Å²) in [5.74, 6) is 0.725. The number of hydrogen-bond acceptors (Lipinski definition) is 2. The van der Waals surface area contributed by atoms with Crippen LogP contribution in [0.15, 0.2) is 12.1 Å². The molecule has 1 aromatic rings. The minimum absolute atomic E-state index is 0.443. The Bertz CT molecular complexity index is 405. The third kappa shape index (κ3) is 3.70. The Morgan fingerprint density at radius 2 is 1.79 bits per heavy atom. The van der Waals surface area contributed by atoms with Crippen LogP contribution in [0.5, 0.6) is 0 Å². The van der Waals surface area contributed by atoms with E-state index in [1.165, 1.54) is 32.1 Å². The first-order valence-electron chi connectivity index (χ1n) is 7.13. The third-order valence-corrected chi connectivity index (χ3v) is 4.65. The van der Waals surface area contributed by atoms with Crippen molar-refractivity contribution in [3.05, 3.63) is 22.2 Å². The Labute approximate surface area is 125 Å². The second-order valence-electron chi connectivity index (χ2n) is 5.42. The first-order valence-corrected chi connectivity index (χ1v) is 7.88. The maximum atomic E-state index is 6.25. The van der Waals surface area contributed by atoms with Crippen LogP contribution in [-0.4, -0.2) is 6.04 Å². The first-order chi connectivity index (χ1) is 9.11. The predicted octanol–water partition coefficient (Wildman–Crippen LogP) is 5.35. The lowest BCUT2D eigenvalue weighted by Gasteiger charge is -2.31. The number of nitrogens with one attached hydrogen (secondary N) is 1. The van der Waals surface area contributed by atoms with Crippen LogP contribution in [0.4, 0.5) is 11.4 Å². The van der Waals surface area contributed by atoms with E-state index in [4.69, 9.17) is 28.9 Å². The second-order valence-corrected chi connectivity index (χ2v) is 6.23. The van der Waals surface area contributed by atoms with E-state index in [-0.39, 0.29) is 0 Å². The van der Waals surface area contributed by atoms with Gasteiger partial charge < -0.3 is 11.1 Å². The molecule has 0 radical (unpaired) electrons. The van der Waals surface area contributed by atoms with Crippen LogP contribution in [0, 0.1) is 5.92 Å². The molecule has 0 bridgehead atoms. The van der Waals surface area contributed by atoms with Gasteiger partial charge in [-0.05, 0) is 37.3 Å². The molecule has 1 atom stereocenters. The van der Waals surface area contributed by atoms with Gasteiger partial charge in [-0.25, -0.2) is 0 Å². The largest absolute Gasteiger partial charge is 0.399 e. The van der Waals surface area contributed by atoms with Crippen molar-refractivity contribution in [2.45, 2.75) is 51.5 Å². The highest BCUT2D eigenvalue weighted by Crippen LogP contribution is 2.36. The Kier molecular flexibility index (Phi) is 5.23. The standard InChI is InChI=1S/C15H22Cl2N2/c1-2-14(10-6-4-3-5-7-10)19-15-12(16)8-11(18)9-13(15)17/h8-10,14,19H,2-7,18H2,1H3. The lowest BCUT2D eigenvalue weighted by Crippen LogP contribution is -2.30. The quantitative estimate of drug-likeness (QED) is 0.736. The lowest BCUT2D eigenvalue weighted by atomic mass is 9.83. The summed E-state index contributed by atoms with van der Waals surface area (Å²) in [6, 6.07) is 3.95. The average Bonchev–Trinajstić information content (AvgIpc) is 2.39. The van der Waals surface area contributed by atoms with Crippen LogP contribution in [0.2, 0.25) is 10.0 Å². The number of nitrogen functional groups attached to an aromatic ring is 1. The van der Waals surface area contributed by atoms with Crippen LogP contribution < -0.4 is 11.1 Å². The molecule has 2 nitrogen and oxygen atoms in total. The molecule has 0 amide bonds. The summed E-state index contributed by atoms with van der Waals surface area (Å²) in [6.07, 6.45) is 7.74. The number of benzene rings is 1. The van der Waals surface area contributed by atoms with Crippen molar-refractivity contribution in [1.29, 1.82) is 0 Å². The summed E-state index contributed by atoms with van der Waals surface area (Å²) in [4.78, 5) is 0. The summed E-state index contributed by atoms with van der Waals surface area (Å²) in [7, 11) is 0. The molecule has 1 unspecified atom stereocenters. The molecular formula is C15H22Cl2N2. The van der Waals surface area contributed by atoms with Gasteiger partial charge in [-0.3, -0.25) is 0 Å². The lowest BCUT2D eigenvalue weighted by molar-refractivity contribution is 0.313. The van der Waals surface area contributed by atoms with E-state index in [1.807, 2.05) is 0 Å². The number of anilines is 2. The normalized spacial score (nSPS) is 18.3. The highest BCUT2D eigenvalue weighted by Gasteiger charge is 2.23. The minimum Gasteiger partial charge on any atom is -0.399 e. The van der Waals surface area contributed by atoms with Gasteiger partial charge in [0.05, 0.1) is 15.7 Å². The van der Waals surface area contributed by atoms with Gasteiger partial charge in [-0.15, -0.1) is 0 Å². The molecule has 0 aliphatic heterocycles. The van der Waals surface area contributed by atoms with E-state index in [2.05, 4.69) is 12.2 Å². The van der Waals surface area contributed by atoms with E-state index >= 15 is 0 Å². The molecule has 1 fully saturated rings. The van der Waals surface area contributed by atoms with Crippen molar-refractivity contribution in [2.75, 3.05) is 11.1 Å². The molecule has 106 valence electrons. The molecule has 0 spiro atoms. The summed E-state index contributed by atoms with van der Waals surface area (Å²) < 4.78 is 0. The molecule has 4 heteroatoms. The number of hydrogen-bond donors (Lipinski definition) is 2. The Hall–Kier alpha value is -0.600. The van der Waals surface area contributed by atoms with Crippen molar-refractivity contribution >= 4 is 34.6 Å². The van der Waals surface area contributed by atoms with Gasteiger partial charge in [0.2, 0.25) is 0 Å². The van der Waals surface area contributed by atoms with E-state index in [0.29, 0.717) is 21.8 Å². The SMILES string of the molecule is CCC(Nc1c(Cl)cc(N)cc1Cl)C1CCCCC1. The van der Waals surface area contributed by atoms with E-state index < -0.39 is 0 Å². The summed E-state index contributed by atoms with van der Waals surface area (Å²) in [5.41, 5.74) is 7.17. The fourth-order valence-corrected chi connectivity index (χ4v) is 3.62. The maximum absolute atomic E-state index is 6.25. The monoisotopic (exact) mass is 300 g/mol. The van der Waals surface area contributed by atoms with Crippen LogP contribution in [0.25, 0.3) is 0 Å². The number of rotatable bonds is 4. The van der Waals surface area contributed by atoms with Crippen molar-refractivity contribution in [1.82, 2.24) is 0 Å². The third-order valence-electron chi connectivity index (χ3n) is 4.05. The van der Waals surface area contributed by atoms with Gasteiger partial charge >= 0.3 is 0 Å². The van der Waals surface area contributed by atoms with Gasteiger partial charge in [0.15, 0.2) is 0 Å². The zero-order valence-corrected chi connectivity index (χ0v) is 12.9. The molecule has 19 heavy (non-hydrogen) atoms. The molecular weight excluding hydrogens is 279 g/mol. The fraction of sp³-hybridized carbons (Fsp3) is 0.600. The van der Waals surface area contributed by atoms with Gasteiger partial charge in [-0.2, -0.15) is 0 Å². The van der Waals surface area contributed by atoms with Crippen LogP contribution in [0.3, 0.4) is 0 Å². The Balaban J connectivity index is 2.13. The topological polar surface area (TPSA) is 38.0 Å². The maximum Gasteiger partial charge on any atom is 0.0722 e. The predicted molar refractivity (Wildman–Crippen MR) is 85.2 cm³/mol. The summed E-state index contributed by atoms with van der Waals surface area (Å²) >= 11 is 12.5. The van der Waals surface area contributed by atoms with Crippen LogP contribution >= 0.6 is 23.2 Å². The van der Waals surface area contributed by atoms with Crippen LogP contribution in [-0.2, 0) is 0 Å². The van der Waals surface area contributed by atoms with E-state index in [9.17, 15) is 0 Å². The molecule has 1 saturated carbocycles. The van der Waals surface area contributed by atoms with Crippen molar-refractivity contribution in [3.8, 4) is 0 Å². The summed E-state index contributed by atoms with van der Waals surface area (Å²) in [5, 5.41) is 4.76. The fourth-order valence-electron chi connectivity index (χ4n) is 3.01. The Morgan fingerprint density at radius 1 is 1.21 bits per heavy atom. The molecule has 0 saturated heterocycles. The number of halogens is 2. The second kappa shape index (κ2) is 6.71. The first kappa shape index (κ1) is 14.8. The van der Waals surface area contributed by atoms with Gasteiger partial charge in [0, 0.05) is 11.7 Å². The molecule has 1 aromatic carbocycles. The van der Waals surface area contributed by atoms with Gasteiger partial charge in [0.25, 0.3) is 0 Å². The highest BCUT2D eigenvalue weighted by atomic mass is 35.5. The molecule has 3 N–H and O–H groups in total. The minimum atomic E-state index is 0.443. The molecule has 0 heterocycles. The van der Waals surface area contributed by atoms with Gasteiger partial charge in [0.1, 0.15) is 0 Å². The molecule has 2 rings (SSSR count). The number of nitrogens with two attached hydrogens (primary N) is 1. The average molecular weight is 301 g/mol. The van der Waals surface area contributed by atoms with Crippen molar-refractivity contribution in [3.63, 3.8) is 0 Å². The summed E-state index contributed by atoms with van der Waals surface area (Å²) in [6.45, 7) is 2.21. The van der Waals surface area contributed by atoms with Crippen molar-refractivity contribution < 1.29 is 0 Å². The zero-order valence-electron chi connectivity index (χ0n) is 11.4. The molecule has 1 aliphatic carbocycles. The van der Waals surface area contributed by atoms with E-state index in [0.717, 1.165) is 18.0 Å². The van der Waals surface area contributed by atoms with Gasteiger partial charge in [-0.1, -0.05) is 49.4 Å². The highest BCUT2D eigenvalue weighted by molar-refractivity contribution is 6.39. The molecule has 1 aliphatic rings. The van der Waals surface area contributed by atoms with Crippen LogP contribution in [0.1, 0.15) is 45.4 Å². The molecule has 0 aromatic heterocycles.